The van der Waals surface area contributed by atoms with E-state index in [1.165, 1.54) is 6.20 Å². The molecule has 0 bridgehead atoms. The summed E-state index contributed by atoms with van der Waals surface area (Å²) in [6, 6.07) is 0. The first-order valence-corrected chi connectivity index (χ1v) is 6.91. The molecule has 0 aliphatic rings. The van der Waals surface area contributed by atoms with Gasteiger partial charge in [-0.15, -0.1) is 0 Å². The highest BCUT2D eigenvalue weighted by molar-refractivity contribution is 7.62. The summed E-state index contributed by atoms with van der Waals surface area (Å²) < 4.78 is 22.4. The van der Waals surface area contributed by atoms with Crippen molar-refractivity contribution < 1.29 is 13.6 Å². The van der Waals surface area contributed by atoms with Crippen LogP contribution in [0.1, 0.15) is 13.8 Å². The van der Waals surface area contributed by atoms with Crippen molar-refractivity contribution in [2.75, 3.05) is 13.2 Å². The van der Waals surface area contributed by atoms with Crippen molar-refractivity contribution in [2.45, 2.75) is 13.8 Å². The summed E-state index contributed by atoms with van der Waals surface area (Å²) in [4.78, 5) is 7.59. The molecule has 5 nitrogen and oxygen atoms in total. The van der Waals surface area contributed by atoms with E-state index in [0.29, 0.717) is 0 Å². The molecule has 0 atom stereocenters. The standard InChI is InChI=1S/C8H11Cl2N2O3P/c1-3-14-16(13,15-4-2)8-7(10)12-6(9)5-11-8/h5H,3-4H2,1-2H3. The fourth-order valence-electron chi connectivity index (χ4n) is 1.02. The Hall–Kier alpha value is -0.190. The summed E-state index contributed by atoms with van der Waals surface area (Å²) in [6.07, 6.45) is 1.24. The third-order valence-electron chi connectivity index (χ3n) is 1.54. The van der Waals surface area contributed by atoms with Gasteiger partial charge in [0.25, 0.3) is 0 Å². The van der Waals surface area contributed by atoms with Crippen molar-refractivity contribution in [2.24, 2.45) is 0 Å². The van der Waals surface area contributed by atoms with Gasteiger partial charge in [-0.05, 0) is 13.8 Å². The van der Waals surface area contributed by atoms with Gasteiger partial charge >= 0.3 is 7.60 Å². The van der Waals surface area contributed by atoms with E-state index in [1.54, 1.807) is 13.8 Å². The second-order valence-corrected chi connectivity index (χ2v) is 5.32. The molecule has 0 saturated carbocycles. The fourth-order valence-corrected chi connectivity index (χ4v) is 3.12. The monoisotopic (exact) mass is 284 g/mol. The Morgan fingerprint density at radius 2 is 1.88 bits per heavy atom. The van der Waals surface area contributed by atoms with Crippen molar-refractivity contribution in [3.8, 4) is 0 Å². The molecule has 0 saturated heterocycles. The summed E-state index contributed by atoms with van der Waals surface area (Å²) in [6.45, 7) is 3.83. The minimum Gasteiger partial charge on any atom is -0.304 e. The maximum Gasteiger partial charge on any atom is 0.382 e. The predicted molar refractivity (Wildman–Crippen MR) is 62.5 cm³/mol. The molecule has 0 fully saturated rings. The fraction of sp³-hybridized carbons (Fsp3) is 0.500. The molecular weight excluding hydrogens is 274 g/mol. The Kier molecular flexibility index (Phi) is 5.15. The predicted octanol–water partition coefficient (Wildman–Crippen LogP) is 2.67. The summed E-state index contributed by atoms with van der Waals surface area (Å²) >= 11 is 11.4. The summed E-state index contributed by atoms with van der Waals surface area (Å²) in [5, 5.41) is 0.0473. The molecule has 0 aliphatic carbocycles. The van der Waals surface area contributed by atoms with Gasteiger partial charge in [-0.1, -0.05) is 23.2 Å². The maximum absolute atomic E-state index is 12.3. The molecule has 1 aromatic rings. The highest BCUT2D eigenvalue weighted by Gasteiger charge is 2.32. The van der Waals surface area contributed by atoms with E-state index in [0.717, 1.165) is 0 Å². The van der Waals surface area contributed by atoms with Crippen LogP contribution in [0.4, 0.5) is 0 Å². The lowest BCUT2D eigenvalue weighted by molar-refractivity contribution is 0.229. The van der Waals surface area contributed by atoms with Crippen LogP contribution in [-0.2, 0) is 13.6 Å². The molecule has 0 N–H and O–H groups in total. The smallest absolute Gasteiger partial charge is 0.304 e. The SMILES string of the molecule is CCOP(=O)(OCC)c1ncc(Cl)nc1Cl. The molecule has 0 radical (unpaired) electrons. The van der Waals surface area contributed by atoms with Crippen LogP contribution >= 0.6 is 30.8 Å². The lowest BCUT2D eigenvalue weighted by atomic mass is 10.8. The van der Waals surface area contributed by atoms with Crippen molar-refractivity contribution in [1.29, 1.82) is 0 Å². The van der Waals surface area contributed by atoms with Crippen LogP contribution in [0.3, 0.4) is 0 Å². The molecule has 1 heterocycles. The van der Waals surface area contributed by atoms with Crippen molar-refractivity contribution in [1.82, 2.24) is 9.97 Å². The van der Waals surface area contributed by atoms with E-state index in [9.17, 15) is 4.57 Å². The van der Waals surface area contributed by atoms with Crippen LogP contribution in [-0.4, -0.2) is 23.2 Å². The van der Waals surface area contributed by atoms with E-state index >= 15 is 0 Å². The van der Waals surface area contributed by atoms with Crippen LogP contribution < -0.4 is 5.44 Å². The molecule has 0 aromatic carbocycles. The van der Waals surface area contributed by atoms with Gasteiger partial charge in [0.1, 0.15) is 5.15 Å². The molecule has 1 rings (SSSR count). The minimum absolute atomic E-state index is 0.0118. The zero-order valence-corrected chi connectivity index (χ0v) is 11.2. The van der Waals surface area contributed by atoms with E-state index in [4.69, 9.17) is 32.2 Å². The molecule has 0 aliphatic heterocycles. The first-order chi connectivity index (χ1) is 7.53. The quantitative estimate of drug-likeness (QED) is 0.778. The topological polar surface area (TPSA) is 61.3 Å². The Bertz CT molecular complexity index is 406. The second-order valence-electron chi connectivity index (χ2n) is 2.64. The van der Waals surface area contributed by atoms with Gasteiger partial charge in [0, 0.05) is 0 Å². The number of hydrogen-bond acceptors (Lipinski definition) is 5. The first-order valence-electron chi connectivity index (χ1n) is 4.61. The zero-order valence-electron chi connectivity index (χ0n) is 8.81. The summed E-state index contributed by atoms with van der Waals surface area (Å²) in [7, 11) is -3.49. The average Bonchev–Trinajstić information content (AvgIpc) is 2.17. The van der Waals surface area contributed by atoms with Gasteiger partial charge in [-0.3, -0.25) is 4.57 Å². The second kappa shape index (κ2) is 5.94. The highest BCUT2D eigenvalue weighted by atomic mass is 35.5. The van der Waals surface area contributed by atoms with E-state index in [2.05, 4.69) is 9.97 Å². The van der Waals surface area contributed by atoms with Gasteiger partial charge in [-0.2, -0.15) is 0 Å². The molecule has 8 heteroatoms. The molecule has 0 amide bonds. The lowest BCUT2D eigenvalue weighted by Crippen LogP contribution is -2.16. The average molecular weight is 285 g/mol. The zero-order chi connectivity index (χ0) is 12.2. The van der Waals surface area contributed by atoms with Crippen LogP contribution in [0, 0.1) is 0 Å². The largest absolute Gasteiger partial charge is 0.382 e. The van der Waals surface area contributed by atoms with Gasteiger partial charge in [0.05, 0.1) is 19.4 Å². The van der Waals surface area contributed by atoms with Crippen molar-refractivity contribution in [3.63, 3.8) is 0 Å². The third kappa shape index (κ3) is 3.15. The Balaban J connectivity index is 3.15. The lowest BCUT2D eigenvalue weighted by Gasteiger charge is -2.16. The Morgan fingerprint density at radius 1 is 1.31 bits per heavy atom. The minimum atomic E-state index is -3.49. The van der Waals surface area contributed by atoms with Crippen LogP contribution in [0.25, 0.3) is 0 Å². The number of rotatable bonds is 5. The normalized spacial score (nSPS) is 11.8. The van der Waals surface area contributed by atoms with E-state index in [-0.39, 0.29) is 29.0 Å². The van der Waals surface area contributed by atoms with E-state index < -0.39 is 7.60 Å². The Labute approximate surface area is 104 Å². The third-order valence-corrected chi connectivity index (χ3v) is 4.16. The van der Waals surface area contributed by atoms with Crippen molar-refractivity contribution >= 4 is 36.2 Å². The number of halogens is 2. The number of aromatic nitrogens is 2. The maximum atomic E-state index is 12.3. The molecule has 90 valence electrons. The first kappa shape index (κ1) is 13.9. The van der Waals surface area contributed by atoms with Crippen LogP contribution in [0.5, 0.6) is 0 Å². The van der Waals surface area contributed by atoms with Gasteiger partial charge in [0.15, 0.2) is 10.6 Å². The highest BCUT2D eigenvalue weighted by Crippen LogP contribution is 2.47. The molecular formula is C8H11Cl2N2O3P. The molecule has 16 heavy (non-hydrogen) atoms. The van der Waals surface area contributed by atoms with E-state index in [1.807, 2.05) is 0 Å². The van der Waals surface area contributed by atoms with Crippen LogP contribution in [0.15, 0.2) is 6.20 Å². The van der Waals surface area contributed by atoms with Gasteiger partial charge in [-0.25, -0.2) is 9.97 Å². The molecule has 0 spiro atoms. The molecule has 0 unspecified atom stereocenters. The Morgan fingerprint density at radius 3 is 2.31 bits per heavy atom. The summed E-state index contributed by atoms with van der Waals surface area (Å²) in [5.74, 6) is 0. The van der Waals surface area contributed by atoms with Crippen LogP contribution in [0.2, 0.25) is 10.3 Å². The number of hydrogen-bond donors (Lipinski definition) is 0. The van der Waals surface area contributed by atoms with Gasteiger partial charge < -0.3 is 9.05 Å². The number of nitrogens with zero attached hydrogens (tertiary/aromatic N) is 2. The van der Waals surface area contributed by atoms with Crippen molar-refractivity contribution in [3.05, 3.63) is 16.5 Å². The molecule has 1 aromatic heterocycles. The summed E-state index contributed by atoms with van der Waals surface area (Å²) in [5.41, 5.74) is -0.0118. The van der Waals surface area contributed by atoms with Gasteiger partial charge in [0.2, 0.25) is 0 Å².